The van der Waals surface area contributed by atoms with E-state index in [0.29, 0.717) is 11.5 Å². The van der Waals surface area contributed by atoms with Crippen LogP contribution >= 0.6 is 0 Å². The monoisotopic (exact) mass is 219 g/mol. The number of hydrogen-bond donors (Lipinski definition) is 1. The first-order valence-electron chi connectivity index (χ1n) is 6.31. The van der Waals surface area contributed by atoms with Gasteiger partial charge in [-0.1, -0.05) is 58.0 Å². The van der Waals surface area contributed by atoms with Gasteiger partial charge in [-0.3, -0.25) is 0 Å². The summed E-state index contributed by atoms with van der Waals surface area (Å²) in [5.74, 6) is 0. The van der Waals surface area contributed by atoms with Crippen molar-refractivity contribution < 1.29 is 0 Å². The van der Waals surface area contributed by atoms with Gasteiger partial charge in [-0.25, -0.2) is 0 Å². The fraction of sp³-hybridized carbons (Fsp3) is 0.600. The zero-order valence-electron chi connectivity index (χ0n) is 11.1. The number of benzene rings is 1. The lowest BCUT2D eigenvalue weighted by Crippen LogP contribution is -2.42. The predicted octanol–water partition coefficient (Wildman–Crippen LogP) is 3.64. The van der Waals surface area contributed by atoms with Gasteiger partial charge in [0.1, 0.15) is 0 Å². The highest BCUT2D eigenvalue weighted by atomic mass is 14.9. The third kappa shape index (κ3) is 4.36. The van der Waals surface area contributed by atoms with Gasteiger partial charge in [-0.2, -0.15) is 0 Å². The van der Waals surface area contributed by atoms with E-state index in [0.717, 1.165) is 13.0 Å². The topological polar surface area (TPSA) is 12.0 Å². The van der Waals surface area contributed by atoms with Crippen LogP contribution in [0.5, 0.6) is 0 Å². The maximum absolute atomic E-state index is 3.66. The van der Waals surface area contributed by atoms with Gasteiger partial charge in [-0.05, 0) is 30.4 Å². The summed E-state index contributed by atoms with van der Waals surface area (Å²) >= 11 is 0. The first-order chi connectivity index (χ1) is 7.54. The molecule has 0 amide bonds. The van der Waals surface area contributed by atoms with E-state index >= 15 is 0 Å². The first kappa shape index (κ1) is 13.2. The Morgan fingerprint density at radius 2 is 1.75 bits per heavy atom. The van der Waals surface area contributed by atoms with E-state index in [1.165, 1.54) is 12.0 Å². The molecule has 1 heteroatoms. The van der Waals surface area contributed by atoms with E-state index in [-0.39, 0.29) is 0 Å². The normalized spacial score (nSPS) is 13.8. The van der Waals surface area contributed by atoms with Crippen LogP contribution in [0, 0.1) is 5.41 Å². The average molecular weight is 219 g/mol. The highest BCUT2D eigenvalue weighted by Gasteiger charge is 2.23. The maximum atomic E-state index is 3.66. The minimum absolute atomic E-state index is 0.311. The molecule has 1 N–H and O–H groups in total. The fourth-order valence-corrected chi connectivity index (χ4v) is 1.85. The maximum Gasteiger partial charge on any atom is 0.0156 e. The van der Waals surface area contributed by atoms with Gasteiger partial charge in [0.15, 0.2) is 0 Å². The van der Waals surface area contributed by atoms with E-state index in [9.17, 15) is 0 Å². The van der Waals surface area contributed by atoms with Crippen molar-refractivity contribution in [2.45, 2.75) is 46.6 Å². The molecule has 1 atom stereocenters. The van der Waals surface area contributed by atoms with Crippen molar-refractivity contribution in [2.75, 3.05) is 6.54 Å². The molecule has 0 aromatic heterocycles. The Morgan fingerprint density at radius 1 is 1.12 bits per heavy atom. The van der Waals surface area contributed by atoms with Gasteiger partial charge in [-0.15, -0.1) is 0 Å². The molecule has 16 heavy (non-hydrogen) atoms. The Morgan fingerprint density at radius 3 is 2.25 bits per heavy atom. The molecule has 0 aliphatic heterocycles. The second-order valence-electron chi connectivity index (χ2n) is 5.56. The second kappa shape index (κ2) is 6.05. The summed E-state index contributed by atoms with van der Waals surface area (Å²) in [6, 6.07) is 11.3. The van der Waals surface area contributed by atoms with Crippen LogP contribution in [0.3, 0.4) is 0 Å². The molecule has 0 fully saturated rings. The molecule has 1 aromatic rings. The third-order valence-electron chi connectivity index (χ3n) is 2.97. The Labute approximate surface area is 100 Å². The van der Waals surface area contributed by atoms with Gasteiger partial charge in [0.05, 0.1) is 0 Å². The summed E-state index contributed by atoms with van der Waals surface area (Å²) < 4.78 is 0. The second-order valence-corrected chi connectivity index (χ2v) is 5.56. The van der Waals surface area contributed by atoms with Crippen LogP contribution in [0.15, 0.2) is 30.3 Å². The first-order valence-corrected chi connectivity index (χ1v) is 6.31. The van der Waals surface area contributed by atoms with Crippen LogP contribution < -0.4 is 5.32 Å². The van der Waals surface area contributed by atoms with E-state index in [4.69, 9.17) is 0 Å². The molecule has 90 valence electrons. The van der Waals surface area contributed by atoms with Crippen molar-refractivity contribution >= 4 is 0 Å². The zero-order chi connectivity index (χ0) is 12.0. The minimum Gasteiger partial charge on any atom is -0.313 e. The Kier molecular flexibility index (Phi) is 5.01. The Hall–Kier alpha value is -0.820. The molecule has 0 radical (unpaired) electrons. The quantitative estimate of drug-likeness (QED) is 0.797. The highest BCUT2D eigenvalue weighted by Crippen LogP contribution is 2.22. The zero-order valence-corrected chi connectivity index (χ0v) is 11.1. The molecule has 0 saturated carbocycles. The smallest absolute Gasteiger partial charge is 0.0156 e. The van der Waals surface area contributed by atoms with Gasteiger partial charge in [0.2, 0.25) is 0 Å². The number of hydrogen-bond acceptors (Lipinski definition) is 1. The van der Waals surface area contributed by atoms with Crippen LogP contribution in [0.25, 0.3) is 0 Å². The van der Waals surface area contributed by atoms with Gasteiger partial charge >= 0.3 is 0 Å². The van der Waals surface area contributed by atoms with Crippen molar-refractivity contribution in [2.24, 2.45) is 5.41 Å². The molecule has 0 bridgehead atoms. The van der Waals surface area contributed by atoms with Gasteiger partial charge in [0, 0.05) is 6.04 Å². The molecule has 0 heterocycles. The molecule has 1 unspecified atom stereocenters. The van der Waals surface area contributed by atoms with Crippen molar-refractivity contribution in [1.29, 1.82) is 0 Å². The number of rotatable bonds is 5. The van der Waals surface area contributed by atoms with Gasteiger partial charge in [0.25, 0.3) is 0 Å². The van der Waals surface area contributed by atoms with Crippen LogP contribution in [-0.2, 0) is 6.42 Å². The molecule has 0 aliphatic carbocycles. The van der Waals surface area contributed by atoms with E-state index < -0.39 is 0 Å². The SMILES string of the molecule is CCCNC(Cc1ccccc1)C(C)(C)C. The van der Waals surface area contributed by atoms with E-state index in [2.05, 4.69) is 63.3 Å². The molecule has 1 aromatic carbocycles. The van der Waals surface area contributed by atoms with Crippen LogP contribution in [0.4, 0.5) is 0 Å². The summed E-state index contributed by atoms with van der Waals surface area (Å²) in [5.41, 5.74) is 1.73. The molecule has 1 rings (SSSR count). The fourth-order valence-electron chi connectivity index (χ4n) is 1.85. The van der Waals surface area contributed by atoms with Crippen molar-refractivity contribution in [3.05, 3.63) is 35.9 Å². The Balaban J connectivity index is 2.64. The van der Waals surface area contributed by atoms with Crippen LogP contribution in [-0.4, -0.2) is 12.6 Å². The lowest BCUT2D eigenvalue weighted by atomic mass is 9.83. The molecular formula is C15H25N. The van der Waals surface area contributed by atoms with Crippen molar-refractivity contribution in [3.63, 3.8) is 0 Å². The summed E-state index contributed by atoms with van der Waals surface area (Å²) in [4.78, 5) is 0. The van der Waals surface area contributed by atoms with E-state index in [1.807, 2.05) is 0 Å². The third-order valence-corrected chi connectivity index (χ3v) is 2.97. The number of nitrogens with one attached hydrogen (secondary N) is 1. The van der Waals surface area contributed by atoms with Crippen molar-refractivity contribution in [1.82, 2.24) is 5.32 Å². The largest absolute Gasteiger partial charge is 0.313 e. The van der Waals surface area contributed by atoms with Gasteiger partial charge < -0.3 is 5.32 Å². The standard InChI is InChI=1S/C15H25N/c1-5-11-16-14(15(2,3)4)12-13-9-7-6-8-10-13/h6-10,14,16H,5,11-12H2,1-4H3. The van der Waals surface area contributed by atoms with Crippen LogP contribution in [0.1, 0.15) is 39.7 Å². The van der Waals surface area contributed by atoms with Crippen molar-refractivity contribution in [3.8, 4) is 0 Å². The minimum atomic E-state index is 0.311. The summed E-state index contributed by atoms with van der Waals surface area (Å²) in [5, 5.41) is 3.66. The summed E-state index contributed by atoms with van der Waals surface area (Å²) in [7, 11) is 0. The van der Waals surface area contributed by atoms with E-state index in [1.54, 1.807) is 0 Å². The molecule has 0 spiro atoms. The summed E-state index contributed by atoms with van der Waals surface area (Å²) in [6.07, 6.45) is 2.31. The predicted molar refractivity (Wildman–Crippen MR) is 71.7 cm³/mol. The average Bonchev–Trinajstić information content (AvgIpc) is 2.24. The molecular weight excluding hydrogens is 194 g/mol. The molecule has 1 nitrogen and oxygen atoms in total. The lowest BCUT2D eigenvalue weighted by molar-refractivity contribution is 0.267. The molecule has 0 aliphatic rings. The summed E-state index contributed by atoms with van der Waals surface area (Å²) in [6.45, 7) is 10.2. The van der Waals surface area contributed by atoms with Crippen LogP contribution in [0.2, 0.25) is 0 Å². The lowest BCUT2D eigenvalue weighted by Gasteiger charge is -2.32. The highest BCUT2D eigenvalue weighted by molar-refractivity contribution is 5.16. The Bertz CT molecular complexity index is 284. The molecule has 0 saturated heterocycles.